The minimum atomic E-state index is 0.176. The number of benzene rings is 2. The molecule has 4 rings (SSSR count). The lowest BCUT2D eigenvalue weighted by atomic mass is 10.1. The lowest BCUT2D eigenvalue weighted by Crippen LogP contribution is -1.85. The molecule has 2 aliphatic rings. The van der Waals surface area contributed by atoms with Gasteiger partial charge in [0.05, 0.1) is 0 Å². The van der Waals surface area contributed by atoms with Gasteiger partial charge in [0.2, 0.25) is 0 Å². The summed E-state index contributed by atoms with van der Waals surface area (Å²) in [6.07, 6.45) is 1.55. The average Bonchev–Trinajstić information content (AvgIpc) is 2.84. The minimum Gasteiger partial charge on any atom is -0.436 e. The summed E-state index contributed by atoms with van der Waals surface area (Å²) in [7, 11) is 0. The summed E-state index contributed by atoms with van der Waals surface area (Å²) in [4.78, 5) is 4.01. The molecular formula is C16H11BrClNO. The van der Waals surface area contributed by atoms with Gasteiger partial charge in [-0.2, -0.15) is 4.98 Å². The number of oxazole rings is 1. The Hall–Kier alpha value is -1.58. The molecule has 0 aliphatic heterocycles. The van der Waals surface area contributed by atoms with Crippen molar-refractivity contribution >= 4 is 27.5 Å². The molecule has 0 bridgehead atoms. The fraction of sp³-hybridized carbons (Fsp3) is 0.0625. The molecule has 2 aromatic rings. The van der Waals surface area contributed by atoms with Gasteiger partial charge in [-0.3, -0.25) is 0 Å². The zero-order valence-electron chi connectivity index (χ0n) is 10.7. The van der Waals surface area contributed by atoms with E-state index in [4.69, 9.17) is 16.0 Å². The highest BCUT2D eigenvalue weighted by Crippen LogP contribution is 2.21. The van der Waals surface area contributed by atoms with E-state index in [-0.39, 0.29) is 5.35 Å². The molecule has 2 aliphatic carbocycles. The molecule has 0 amide bonds. The Kier molecular flexibility index (Phi) is 3.64. The van der Waals surface area contributed by atoms with E-state index in [0.29, 0.717) is 0 Å². The molecule has 0 saturated heterocycles. The molecule has 0 N–H and O–H groups in total. The molecule has 0 spiro atoms. The summed E-state index contributed by atoms with van der Waals surface area (Å²) in [6, 6.07) is 14.4. The zero-order valence-corrected chi connectivity index (χ0v) is 13.1. The molecule has 1 heterocycles. The first-order valence-electron chi connectivity index (χ1n) is 6.11. The Balaban J connectivity index is 0.000000144. The maximum atomic E-state index is 5.56. The SMILES string of the molecule is Brc1cc2ccc1=2.Cc1ccc(-c2coc(Cl)n2)cc1. The van der Waals surface area contributed by atoms with Crippen LogP contribution in [0.4, 0.5) is 0 Å². The predicted octanol–water partition coefficient (Wildman–Crippen LogP) is 5.35. The maximum absolute atomic E-state index is 5.56. The molecule has 0 atom stereocenters. The van der Waals surface area contributed by atoms with Gasteiger partial charge in [0.25, 0.3) is 5.35 Å². The highest BCUT2D eigenvalue weighted by Gasteiger charge is 2.02. The van der Waals surface area contributed by atoms with Crippen molar-refractivity contribution in [2.45, 2.75) is 6.92 Å². The fourth-order valence-corrected chi connectivity index (χ4v) is 2.59. The highest BCUT2D eigenvalue weighted by molar-refractivity contribution is 9.10. The van der Waals surface area contributed by atoms with Crippen molar-refractivity contribution in [2.75, 3.05) is 0 Å². The number of nitrogens with zero attached hydrogens (tertiary/aromatic N) is 1. The van der Waals surface area contributed by atoms with Gasteiger partial charge in [0.15, 0.2) is 0 Å². The number of hydrogen-bond acceptors (Lipinski definition) is 2. The summed E-state index contributed by atoms with van der Waals surface area (Å²) >= 11 is 8.93. The molecular weight excluding hydrogens is 338 g/mol. The van der Waals surface area contributed by atoms with Crippen LogP contribution in [0.25, 0.3) is 11.3 Å². The Morgan fingerprint density at radius 3 is 2.20 bits per heavy atom. The Morgan fingerprint density at radius 1 is 1.10 bits per heavy atom. The van der Waals surface area contributed by atoms with Crippen molar-refractivity contribution in [3.05, 3.63) is 74.6 Å². The number of rotatable bonds is 1. The second-order valence-electron chi connectivity index (χ2n) is 4.55. The van der Waals surface area contributed by atoms with Gasteiger partial charge in [-0.25, -0.2) is 0 Å². The molecule has 0 fully saturated rings. The van der Waals surface area contributed by atoms with Crippen molar-refractivity contribution < 1.29 is 4.42 Å². The van der Waals surface area contributed by atoms with Gasteiger partial charge < -0.3 is 4.42 Å². The van der Waals surface area contributed by atoms with Crippen LogP contribution in [0.3, 0.4) is 0 Å². The summed E-state index contributed by atoms with van der Waals surface area (Å²) in [6.45, 7) is 2.04. The molecule has 1 aromatic carbocycles. The minimum absolute atomic E-state index is 0.176. The van der Waals surface area contributed by atoms with Crippen LogP contribution in [0.15, 0.2) is 57.6 Å². The summed E-state index contributed by atoms with van der Waals surface area (Å²) < 4.78 is 6.16. The molecule has 20 heavy (non-hydrogen) atoms. The molecule has 0 unspecified atom stereocenters. The van der Waals surface area contributed by atoms with Crippen molar-refractivity contribution in [2.24, 2.45) is 0 Å². The average molecular weight is 349 g/mol. The zero-order chi connectivity index (χ0) is 14.1. The van der Waals surface area contributed by atoms with Gasteiger partial charge in [0, 0.05) is 10.0 Å². The first-order chi connectivity index (χ1) is 9.63. The first kappa shape index (κ1) is 13.4. The Labute approximate surface area is 129 Å². The van der Waals surface area contributed by atoms with E-state index in [1.165, 1.54) is 20.5 Å². The predicted molar refractivity (Wildman–Crippen MR) is 83.5 cm³/mol. The van der Waals surface area contributed by atoms with Crippen molar-refractivity contribution in [1.82, 2.24) is 4.98 Å². The Bertz CT molecular complexity index is 840. The molecule has 0 radical (unpaired) electrons. The normalized spacial score (nSPS) is 10.8. The number of aryl methyl sites for hydroxylation is 1. The fourth-order valence-electron chi connectivity index (χ4n) is 1.85. The van der Waals surface area contributed by atoms with Crippen LogP contribution in [0.5, 0.6) is 0 Å². The van der Waals surface area contributed by atoms with Crippen LogP contribution in [-0.4, -0.2) is 4.98 Å². The second kappa shape index (κ2) is 5.43. The van der Waals surface area contributed by atoms with E-state index in [0.717, 1.165) is 11.3 Å². The van der Waals surface area contributed by atoms with Crippen LogP contribution in [0, 0.1) is 17.4 Å². The van der Waals surface area contributed by atoms with Crippen LogP contribution in [0.1, 0.15) is 5.56 Å². The Morgan fingerprint density at radius 2 is 1.85 bits per heavy atom. The molecule has 1 aromatic heterocycles. The number of aromatic nitrogens is 1. The third-order valence-corrected chi connectivity index (χ3v) is 3.93. The van der Waals surface area contributed by atoms with E-state index >= 15 is 0 Å². The van der Waals surface area contributed by atoms with Crippen LogP contribution >= 0.6 is 27.5 Å². The van der Waals surface area contributed by atoms with Gasteiger partial charge in [0.1, 0.15) is 12.0 Å². The largest absolute Gasteiger partial charge is 0.436 e. The third-order valence-electron chi connectivity index (χ3n) is 3.10. The molecule has 4 heteroatoms. The van der Waals surface area contributed by atoms with E-state index in [1.54, 1.807) is 6.26 Å². The van der Waals surface area contributed by atoms with E-state index < -0.39 is 0 Å². The van der Waals surface area contributed by atoms with Gasteiger partial charge >= 0.3 is 0 Å². The van der Waals surface area contributed by atoms with E-state index in [9.17, 15) is 0 Å². The highest BCUT2D eigenvalue weighted by atomic mass is 79.9. The monoisotopic (exact) mass is 347 g/mol. The standard InChI is InChI=1S/C10H8ClNO.C6H3Br/c1-7-2-4-8(5-3-7)9-6-13-10(11)12-9;7-6-3-4-1-2-5(4)6/h2-6H,1H3;1-3H. The smallest absolute Gasteiger partial charge is 0.292 e. The first-order valence-corrected chi connectivity index (χ1v) is 7.28. The van der Waals surface area contributed by atoms with Crippen LogP contribution in [0.2, 0.25) is 5.35 Å². The summed E-state index contributed by atoms with van der Waals surface area (Å²) in [5.41, 5.74) is 3.00. The van der Waals surface area contributed by atoms with Gasteiger partial charge in [-0.1, -0.05) is 57.9 Å². The van der Waals surface area contributed by atoms with Crippen molar-refractivity contribution in [3.63, 3.8) is 0 Å². The molecule has 100 valence electrons. The number of halogens is 2. The quantitative estimate of drug-likeness (QED) is 0.463. The number of hydrogen-bond donors (Lipinski definition) is 0. The third kappa shape index (κ3) is 2.65. The van der Waals surface area contributed by atoms with Crippen LogP contribution in [-0.2, 0) is 0 Å². The molecule has 2 nitrogen and oxygen atoms in total. The summed E-state index contributed by atoms with van der Waals surface area (Å²) in [5.74, 6) is 0. The lowest BCUT2D eigenvalue weighted by Gasteiger charge is -2.02. The molecule has 0 saturated carbocycles. The van der Waals surface area contributed by atoms with E-state index in [1.807, 2.05) is 31.2 Å². The van der Waals surface area contributed by atoms with Gasteiger partial charge in [-0.15, -0.1) is 0 Å². The van der Waals surface area contributed by atoms with E-state index in [2.05, 4.69) is 39.1 Å². The maximum Gasteiger partial charge on any atom is 0.292 e. The lowest BCUT2D eigenvalue weighted by molar-refractivity contribution is 0.560. The van der Waals surface area contributed by atoms with Crippen LogP contribution < -0.4 is 0 Å². The topological polar surface area (TPSA) is 26.0 Å². The van der Waals surface area contributed by atoms with Crippen molar-refractivity contribution in [3.8, 4) is 11.3 Å². The summed E-state index contributed by atoms with van der Waals surface area (Å²) in [5, 5.41) is 2.96. The van der Waals surface area contributed by atoms with Crippen molar-refractivity contribution in [1.29, 1.82) is 0 Å². The van der Waals surface area contributed by atoms with Gasteiger partial charge in [-0.05, 0) is 35.0 Å². The second-order valence-corrected chi connectivity index (χ2v) is 5.72.